The predicted octanol–water partition coefficient (Wildman–Crippen LogP) is 4.24. The number of aryl methyl sites for hydroxylation is 2. The van der Waals surface area contributed by atoms with Crippen LogP contribution in [0.5, 0.6) is 0 Å². The van der Waals surface area contributed by atoms with Crippen LogP contribution in [0.15, 0.2) is 54.9 Å². The minimum Gasteiger partial charge on any atom is -0.307 e. The average Bonchev–Trinajstić information content (AvgIpc) is 3.06. The van der Waals surface area contributed by atoms with Gasteiger partial charge in [-0.15, -0.1) is 5.10 Å². The van der Waals surface area contributed by atoms with Crippen molar-refractivity contribution in [2.24, 2.45) is 7.05 Å². The molecule has 0 aliphatic heterocycles. The molecule has 0 aliphatic rings. The summed E-state index contributed by atoms with van der Waals surface area (Å²) in [6, 6.07) is 13.3. The molecule has 27 heavy (non-hydrogen) atoms. The summed E-state index contributed by atoms with van der Waals surface area (Å²) in [7, 11) is 1.78. The van der Waals surface area contributed by atoms with Gasteiger partial charge in [-0.1, -0.05) is 29.8 Å². The lowest BCUT2D eigenvalue weighted by atomic mass is 9.96. The molecule has 2 aromatic heterocycles. The Morgan fingerprint density at radius 2 is 2.00 bits per heavy atom. The second kappa shape index (κ2) is 6.81. The molecule has 6 nitrogen and oxygen atoms in total. The normalized spacial score (nSPS) is 10.9. The van der Waals surface area contributed by atoms with Crippen molar-refractivity contribution in [2.45, 2.75) is 6.92 Å². The molecule has 134 valence electrons. The fraction of sp³-hybridized carbons (Fsp3) is 0.100. The van der Waals surface area contributed by atoms with E-state index in [0.29, 0.717) is 16.5 Å². The number of rotatable bonds is 3. The molecule has 0 bridgehead atoms. The van der Waals surface area contributed by atoms with Gasteiger partial charge in [0.1, 0.15) is 5.82 Å². The number of hydrogen-bond donors (Lipinski definition) is 1. The number of amides is 1. The number of aromatic nitrogens is 4. The van der Waals surface area contributed by atoms with E-state index in [1.54, 1.807) is 30.2 Å². The van der Waals surface area contributed by atoms with E-state index >= 15 is 0 Å². The third-order valence-corrected chi connectivity index (χ3v) is 4.77. The van der Waals surface area contributed by atoms with Gasteiger partial charge in [-0.05, 0) is 41.8 Å². The number of halogens is 1. The Morgan fingerprint density at radius 3 is 2.78 bits per heavy atom. The highest BCUT2D eigenvalue weighted by Gasteiger charge is 2.12. The van der Waals surface area contributed by atoms with Crippen LogP contribution in [0.3, 0.4) is 0 Å². The Balaban J connectivity index is 1.72. The number of nitrogens with zero attached hydrogens (tertiary/aromatic N) is 4. The lowest BCUT2D eigenvalue weighted by molar-refractivity contribution is 0.102. The summed E-state index contributed by atoms with van der Waals surface area (Å²) in [5.41, 5.74) is 3.60. The van der Waals surface area contributed by atoms with Gasteiger partial charge < -0.3 is 5.32 Å². The maximum absolute atomic E-state index is 12.6. The fourth-order valence-corrected chi connectivity index (χ4v) is 3.20. The number of benzene rings is 2. The highest BCUT2D eigenvalue weighted by molar-refractivity contribution is 6.34. The summed E-state index contributed by atoms with van der Waals surface area (Å²) in [4.78, 5) is 12.6. The van der Waals surface area contributed by atoms with Gasteiger partial charge in [0.05, 0.1) is 12.4 Å². The Kier molecular flexibility index (Phi) is 4.33. The first-order valence-electron chi connectivity index (χ1n) is 8.34. The quantitative estimate of drug-likeness (QED) is 0.579. The van der Waals surface area contributed by atoms with Crippen molar-refractivity contribution in [2.75, 3.05) is 5.32 Å². The van der Waals surface area contributed by atoms with Crippen LogP contribution in [-0.2, 0) is 7.05 Å². The van der Waals surface area contributed by atoms with Gasteiger partial charge in [0.15, 0.2) is 5.15 Å². The lowest BCUT2D eigenvalue weighted by Gasteiger charge is -2.11. The molecule has 0 radical (unpaired) electrons. The standard InChI is InChI=1S/C20H16ClN5O/c1-12-3-4-14(20(27)24-18-7-8-23-26(18)2)10-17(12)13-5-6-16-15(9-13)11-22-25-19(16)21/h3-11H,1-2H3,(H,24,27). The van der Waals surface area contributed by atoms with Crippen molar-refractivity contribution < 1.29 is 4.79 Å². The predicted molar refractivity (Wildman–Crippen MR) is 106 cm³/mol. The van der Waals surface area contributed by atoms with E-state index in [1.807, 2.05) is 43.3 Å². The molecule has 0 aliphatic carbocycles. The first kappa shape index (κ1) is 17.2. The average molecular weight is 378 g/mol. The summed E-state index contributed by atoms with van der Waals surface area (Å²) in [5, 5.41) is 16.8. The van der Waals surface area contributed by atoms with Gasteiger partial charge in [0.25, 0.3) is 5.91 Å². The summed E-state index contributed by atoms with van der Waals surface area (Å²) < 4.78 is 1.61. The third-order valence-electron chi connectivity index (χ3n) is 4.49. The van der Waals surface area contributed by atoms with Crippen LogP contribution in [0.4, 0.5) is 5.82 Å². The minimum absolute atomic E-state index is 0.186. The van der Waals surface area contributed by atoms with Crippen molar-refractivity contribution in [3.8, 4) is 11.1 Å². The first-order valence-corrected chi connectivity index (χ1v) is 8.72. The van der Waals surface area contributed by atoms with E-state index < -0.39 is 0 Å². The number of hydrogen-bond acceptors (Lipinski definition) is 4. The van der Waals surface area contributed by atoms with Gasteiger partial charge in [0, 0.05) is 29.4 Å². The SMILES string of the molecule is Cc1ccc(C(=O)Nc2ccnn2C)cc1-c1ccc2c(Cl)nncc2c1. The fourth-order valence-electron chi connectivity index (χ4n) is 2.98. The Hall–Kier alpha value is -3.25. The summed E-state index contributed by atoms with van der Waals surface area (Å²) in [6.07, 6.45) is 3.32. The maximum Gasteiger partial charge on any atom is 0.256 e. The van der Waals surface area contributed by atoms with Crippen molar-refractivity contribution in [1.29, 1.82) is 0 Å². The van der Waals surface area contributed by atoms with Crippen LogP contribution >= 0.6 is 11.6 Å². The smallest absolute Gasteiger partial charge is 0.256 e. The lowest BCUT2D eigenvalue weighted by Crippen LogP contribution is -2.14. The van der Waals surface area contributed by atoms with Gasteiger partial charge in [-0.3, -0.25) is 9.48 Å². The highest BCUT2D eigenvalue weighted by atomic mass is 35.5. The summed E-state index contributed by atoms with van der Waals surface area (Å²) in [6.45, 7) is 2.01. The molecular weight excluding hydrogens is 362 g/mol. The second-order valence-corrected chi connectivity index (χ2v) is 6.62. The van der Waals surface area contributed by atoms with E-state index in [0.717, 1.165) is 27.5 Å². The summed E-state index contributed by atoms with van der Waals surface area (Å²) >= 11 is 6.10. The van der Waals surface area contributed by atoms with Crippen LogP contribution < -0.4 is 5.32 Å². The van der Waals surface area contributed by atoms with Gasteiger partial charge in [-0.25, -0.2) is 0 Å². The molecule has 1 amide bonds. The van der Waals surface area contributed by atoms with Crippen LogP contribution in [-0.4, -0.2) is 25.9 Å². The third kappa shape index (κ3) is 3.27. The van der Waals surface area contributed by atoms with E-state index in [4.69, 9.17) is 11.6 Å². The number of carbonyl (C=O) groups is 1. The number of fused-ring (bicyclic) bond motifs is 1. The topological polar surface area (TPSA) is 72.7 Å². The zero-order valence-electron chi connectivity index (χ0n) is 14.8. The molecule has 4 rings (SSSR count). The second-order valence-electron chi connectivity index (χ2n) is 6.26. The molecule has 2 aromatic carbocycles. The van der Waals surface area contributed by atoms with Gasteiger partial charge in [0.2, 0.25) is 0 Å². The van der Waals surface area contributed by atoms with E-state index in [9.17, 15) is 4.79 Å². The minimum atomic E-state index is -0.186. The van der Waals surface area contributed by atoms with Crippen LogP contribution in [0, 0.1) is 6.92 Å². The molecule has 0 saturated carbocycles. The molecule has 2 heterocycles. The van der Waals surface area contributed by atoms with Crippen molar-refractivity contribution in [3.63, 3.8) is 0 Å². The zero-order chi connectivity index (χ0) is 19.0. The molecule has 0 atom stereocenters. The zero-order valence-corrected chi connectivity index (χ0v) is 15.5. The Bertz CT molecular complexity index is 1170. The van der Waals surface area contributed by atoms with E-state index in [-0.39, 0.29) is 5.91 Å². The highest BCUT2D eigenvalue weighted by Crippen LogP contribution is 2.29. The molecule has 0 spiro atoms. The maximum atomic E-state index is 12.6. The van der Waals surface area contributed by atoms with Crippen LogP contribution in [0.1, 0.15) is 15.9 Å². The number of carbonyl (C=O) groups excluding carboxylic acids is 1. The first-order chi connectivity index (χ1) is 13.0. The molecule has 0 unspecified atom stereocenters. The van der Waals surface area contributed by atoms with Gasteiger partial charge in [-0.2, -0.15) is 10.2 Å². The van der Waals surface area contributed by atoms with E-state index in [2.05, 4.69) is 20.6 Å². The molecule has 0 saturated heterocycles. The van der Waals surface area contributed by atoms with E-state index in [1.165, 1.54) is 0 Å². The molecule has 0 fully saturated rings. The van der Waals surface area contributed by atoms with Crippen LogP contribution in [0.2, 0.25) is 5.15 Å². The monoisotopic (exact) mass is 377 g/mol. The van der Waals surface area contributed by atoms with Crippen molar-refractivity contribution in [3.05, 3.63) is 71.1 Å². The number of anilines is 1. The van der Waals surface area contributed by atoms with Crippen molar-refractivity contribution >= 4 is 34.1 Å². The Morgan fingerprint density at radius 1 is 1.15 bits per heavy atom. The largest absolute Gasteiger partial charge is 0.307 e. The Labute approximate surface area is 160 Å². The summed E-state index contributed by atoms with van der Waals surface area (Å²) in [5.74, 6) is 0.454. The van der Waals surface area contributed by atoms with Crippen LogP contribution in [0.25, 0.3) is 21.9 Å². The molecule has 7 heteroatoms. The molecule has 4 aromatic rings. The van der Waals surface area contributed by atoms with Gasteiger partial charge >= 0.3 is 0 Å². The number of nitrogens with one attached hydrogen (secondary N) is 1. The molecule has 1 N–H and O–H groups in total. The van der Waals surface area contributed by atoms with Crippen molar-refractivity contribution in [1.82, 2.24) is 20.0 Å². The molecular formula is C20H16ClN5O.